The van der Waals surface area contributed by atoms with E-state index in [2.05, 4.69) is 18.2 Å². The summed E-state index contributed by atoms with van der Waals surface area (Å²) in [5.41, 5.74) is -1.31. The van der Waals surface area contributed by atoms with E-state index in [9.17, 15) is 19.7 Å². The van der Waals surface area contributed by atoms with Crippen LogP contribution in [0.2, 0.25) is 0 Å². The molecule has 0 aliphatic rings. The van der Waals surface area contributed by atoms with Crippen LogP contribution >= 0.6 is 14.5 Å². The number of aliphatic hydroxyl groups excluding tert-OH is 2. The second-order valence-electron chi connectivity index (χ2n) is 15.7. The van der Waals surface area contributed by atoms with Crippen LogP contribution < -0.4 is 0 Å². The van der Waals surface area contributed by atoms with E-state index in [1.165, 1.54) is 167 Å². The summed E-state index contributed by atoms with van der Waals surface area (Å²) >= 11 is 4.79. The molecule has 0 amide bonds. The van der Waals surface area contributed by atoms with Gasteiger partial charge in [-0.05, 0) is 24.6 Å². The summed E-state index contributed by atoms with van der Waals surface area (Å²) in [6, 6.07) is 0. The van der Waals surface area contributed by atoms with Crippen molar-refractivity contribution in [3.8, 4) is 0 Å². The molecule has 9 nitrogen and oxygen atoms in total. The van der Waals surface area contributed by atoms with Crippen molar-refractivity contribution in [1.82, 2.24) is 0 Å². The Labute approximate surface area is 332 Å². The Morgan fingerprint density at radius 1 is 0.509 bits per heavy atom. The molecule has 0 aliphatic heterocycles. The summed E-state index contributed by atoms with van der Waals surface area (Å²) in [6.07, 6.45) is 40.8. The molecule has 0 heterocycles. The Morgan fingerprint density at radius 2 is 0.811 bits per heavy atom. The molecule has 0 aromatic carbocycles. The molecule has 0 fully saturated rings. The van der Waals surface area contributed by atoms with Crippen LogP contribution in [-0.2, 0) is 29.9 Å². The maximum absolute atomic E-state index is 11.3. The maximum Gasteiger partial charge on any atom is 0.476 e. The zero-order chi connectivity index (χ0) is 39.4. The van der Waals surface area contributed by atoms with E-state index in [1.54, 1.807) is 0 Å². The van der Waals surface area contributed by atoms with Gasteiger partial charge in [-0.15, -0.1) is 0 Å². The van der Waals surface area contributed by atoms with Gasteiger partial charge in [0.25, 0.3) is 0 Å². The summed E-state index contributed by atoms with van der Waals surface area (Å²) in [5.74, 6) is 0. The van der Waals surface area contributed by atoms with Crippen molar-refractivity contribution in [3.63, 3.8) is 0 Å². The Bertz CT molecular complexity index is 872. The zero-order valence-corrected chi connectivity index (χ0v) is 37.0. The molecule has 5 N–H and O–H groups in total. The fourth-order valence-corrected chi connectivity index (χ4v) is 9.75. The predicted octanol–water partition coefficient (Wildman–Crippen LogP) is 12.6. The fourth-order valence-electron chi connectivity index (χ4n) is 7.13. The Hall–Kier alpha value is 0.560. The van der Waals surface area contributed by atoms with Gasteiger partial charge >= 0.3 is 14.5 Å². The Kier molecular flexibility index (Phi) is 37.3. The summed E-state index contributed by atoms with van der Waals surface area (Å²) in [6.45, 7) is -0.771. The number of hydrogen-bond acceptors (Lipinski definition) is 7. The van der Waals surface area contributed by atoms with Gasteiger partial charge < -0.3 is 34.2 Å². The van der Waals surface area contributed by atoms with E-state index < -0.39 is 45.9 Å². The summed E-state index contributed by atoms with van der Waals surface area (Å²) in [4.78, 5) is 28.5. The first kappa shape index (κ1) is 53.6. The van der Waals surface area contributed by atoms with E-state index >= 15 is 0 Å². The summed E-state index contributed by atoms with van der Waals surface area (Å²) in [5, 5.41) is 20.9. The molecule has 0 radical (unpaired) electrons. The van der Waals surface area contributed by atoms with Gasteiger partial charge in [0, 0.05) is 6.61 Å². The molecule has 0 aromatic rings. The number of rotatable bonds is 43. The van der Waals surface area contributed by atoms with Crippen molar-refractivity contribution < 1.29 is 43.0 Å². The first-order valence-electron chi connectivity index (χ1n) is 22.1. The van der Waals surface area contributed by atoms with Crippen LogP contribution in [-0.4, -0.2) is 57.4 Å². The quantitative estimate of drug-likeness (QED) is 0.0298. The van der Waals surface area contributed by atoms with E-state index in [-0.39, 0.29) is 0 Å². The van der Waals surface area contributed by atoms with Gasteiger partial charge in [0.05, 0.1) is 31.3 Å². The smallest absolute Gasteiger partial charge is 0.396 e. The van der Waals surface area contributed by atoms with Crippen molar-refractivity contribution >= 4 is 26.3 Å². The normalized spacial score (nSPS) is 14.2. The second kappa shape index (κ2) is 36.9. The van der Waals surface area contributed by atoms with E-state index in [4.69, 9.17) is 30.9 Å². The first-order valence-corrected chi connectivity index (χ1v) is 26.3. The van der Waals surface area contributed by atoms with Gasteiger partial charge in [-0.1, -0.05) is 213 Å². The minimum atomic E-state index is -5.09. The van der Waals surface area contributed by atoms with Gasteiger partial charge in [0.2, 0.25) is 0 Å². The number of hydrogen-bond donors (Lipinski definition) is 5. The molecule has 12 heteroatoms. The molecular weight excluding hydrogens is 730 g/mol. The van der Waals surface area contributed by atoms with Crippen molar-refractivity contribution in [2.24, 2.45) is 5.41 Å². The number of unbranched alkanes of at least 4 members (excludes halogenated alkanes) is 30. The average molecular weight is 817 g/mol. The molecule has 0 spiro atoms. The molecule has 0 aromatic heterocycles. The second-order valence-corrected chi connectivity index (χ2v) is 20.0. The molecule has 0 saturated heterocycles. The Morgan fingerprint density at radius 3 is 1.11 bits per heavy atom. The number of phosphoric acid groups is 1. The highest BCUT2D eigenvalue weighted by molar-refractivity contribution is 8.08. The first-order chi connectivity index (χ1) is 25.6. The van der Waals surface area contributed by atoms with Crippen LogP contribution in [0.5, 0.6) is 0 Å². The number of aliphatic hydroxyl groups is 2. The molecular formula is C41H86O9P2S. The lowest BCUT2D eigenvalue weighted by molar-refractivity contribution is -0.114. The highest BCUT2D eigenvalue weighted by Gasteiger charge is 2.41. The van der Waals surface area contributed by atoms with E-state index in [0.29, 0.717) is 13.0 Å². The average Bonchev–Trinajstić information content (AvgIpc) is 3.11. The predicted molar refractivity (Wildman–Crippen MR) is 226 cm³/mol. The van der Waals surface area contributed by atoms with Crippen molar-refractivity contribution in [3.05, 3.63) is 0 Å². The third-order valence-corrected chi connectivity index (χ3v) is 13.7. The van der Waals surface area contributed by atoms with Crippen LogP contribution in [0, 0.1) is 5.41 Å². The zero-order valence-electron chi connectivity index (χ0n) is 34.4. The minimum Gasteiger partial charge on any atom is -0.396 e. The van der Waals surface area contributed by atoms with Crippen LogP contribution in [0.3, 0.4) is 0 Å². The molecule has 0 aliphatic carbocycles. The van der Waals surface area contributed by atoms with E-state index in [0.717, 1.165) is 38.5 Å². The van der Waals surface area contributed by atoms with Gasteiger partial charge in [0.1, 0.15) is 0 Å². The summed E-state index contributed by atoms with van der Waals surface area (Å²) in [7, 11) is -5.09. The highest BCUT2D eigenvalue weighted by Crippen LogP contribution is 2.58. The topological polar surface area (TPSA) is 146 Å². The molecule has 2 unspecified atom stereocenters. The van der Waals surface area contributed by atoms with Gasteiger partial charge in [0.15, 0.2) is 0 Å². The maximum atomic E-state index is 11.3. The van der Waals surface area contributed by atoms with Gasteiger partial charge in [-0.2, -0.15) is 0 Å². The van der Waals surface area contributed by atoms with Crippen LogP contribution in [0.4, 0.5) is 0 Å². The van der Waals surface area contributed by atoms with Crippen LogP contribution in [0.15, 0.2) is 0 Å². The lowest BCUT2D eigenvalue weighted by atomic mass is 9.81. The lowest BCUT2D eigenvalue weighted by Crippen LogP contribution is -2.47. The van der Waals surface area contributed by atoms with Gasteiger partial charge in [-0.3, -0.25) is 0 Å². The third-order valence-electron chi connectivity index (χ3n) is 10.7. The molecule has 53 heavy (non-hydrogen) atoms. The SMILES string of the molecule is CCCCCCCCCCCCCCCCCCOC(CCCCCCCCCCCCCCCCCC)C(CO)(CO)COP(O)(=S)OP(=O)(O)O. The standard InChI is InChI=1S/C41H86O9P2S/c1-3-5-7-9-11-13-15-17-19-21-23-25-27-29-31-33-35-40(41(37-42,38-43)39-49-52(47,53)50-51(44,45)46)48-36-34-32-30-28-26-24-22-20-18-16-14-12-10-8-6-4-2/h40,42-43H,3-39H2,1-2H3,(H,47,53)(H2,44,45,46). The van der Waals surface area contributed by atoms with E-state index in [1.807, 2.05) is 0 Å². The molecule has 0 saturated carbocycles. The fraction of sp³-hybridized carbons (Fsp3) is 1.00. The monoisotopic (exact) mass is 817 g/mol. The van der Waals surface area contributed by atoms with Crippen molar-refractivity contribution in [2.75, 3.05) is 26.4 Å². The van der Waals surface area contributed by atoms with Crippen molar-refractivity contribution in [2.45, 2.75) is 232 Å². The molecule has 320 valence electrons. The number of ether oxygens (including phenoxy) is 1. The minimum absolute atomic E-state index is 0.448. The van der Waals surface area contributed by atoms with Crippen molar-refractivity contribution in [1.29, 1.82) is 0 Å². The summed E-state index contributed by atoms with van der Waals surface area (Å²) < 4.78 is 27.1. The molecule has 2 atom stereocenters. The van der Waals surface area contributed by atoms with Gasteiger partial charge in [-0.25, -0.2) is 8.88 Å². The molecule has 0 rings (SSSR count). The highest BCUT2D eigenvalue weighted by atomic mass is 32.5. The molecule has 0 bridgehead atoms. The van der Waals surface area contributed by atoms with Crippen LogP contribution in [0.1, 0.15) is 226 Å². The largest absolute Gasteiger partial charge is 0.476 e. The Balaban J connectivity index is 4.51. The lowest BCUT2D eigenvalue weighted by Gasteiger charge is -2.38. The third kappa shape index (κ3) is 34.3. The van der Waals surface area contributed by atoms with Crippen LogP contribution in [0.25, 0.3) is 0 Å².